The van der Waals surface area contributed by atoms with Gasteiger partial charge in [-0.15, -0.1) is 0 Å². The van der Waals surface area contributed by atoms with E-state index < -0.39 is 5.97 Å². The predicted molar refractivity (Wildman–Crippen MR) is 70.9 cm³/mol. The van der Waals surface area contributed by atoms with Crippen molar-refractivity contribution in [2.75, 3.05) is 0 Å². The fraction of sp³-hybridized carbons (Fsp3) is 0.500. The van der Waals surface area contributed by atoms with Crippen LogP contribution in [0.25, 0.3) is 0 Å². The number of hydrogen-bond donors (Lipinski definition) is 1. The van der Waals surface area contributed by atoms with E-state index in [4.69, 9.17) is 0 Å². The lowest BCUT2D eigenvalue weighted by molar-refractivity contribution is -0.143. The fourth-order valence-electron chi connectivity index (χ4n) is 2.69. The van der Waals surface area contributed by atoms with E-state index in [0.29, 0.717) is 12.3 Å². The third-order valence-corrected chi connectivity index (χ3v) is 4.18. The van der Waals surface area contributed by atoms with Crippen molar-refractivity contribution in [3.8, 4) is 0 Å². The van der Waals surface area contributed by atoms with Gasteiger partial charge in [0, 0.05) is 4.47 Å². The maximum Gasteiger partial charge on any atom is 0.307 e. The average Bonchev–Trinajstić information content (AvgIpc) is 2.81. The van der Waals surface area contributed by atoms with Crippen molar-refractivity contribution < 1.29 is 9.90 Å². The van der Waals surface area contributed by atoms with Gasteiger partial charge in [0.1, 0.15) is 0 Å². The van der Waals surface area contributed by atoms with Crippen molar-refractivity contribution in [1.29, 1.82) is 0 Å². The number of carboxylic acid groups (broad SMARTS) is 1. The molecule has 0 radical (unpaired) electrons. The molecule has 92 valence electrons. The first-order chi connectivity index (χ1) is 8.16. The van der Waals surface area contributed by atoms with Gasteiger partial charge in [-0.05, 0) is 42.9 Å². The normalized spacial score (nSPS) is 18.2. The number of hydrogen-bond acceptors (Lipinski definition) is 1. The summed E-state index contributed by atoms with van der Waals surface area (Å²) in [5.74, 6) is -0.477. The SMILES string of the molecule is O=C(O)C(Cc1ccc(Br)cc1)C1CCCC1. The quantitative estimate of drug-likeness (QED) is 0.915. The Morgan fingerprint density at radius 1 is 1.29 bits per heavy atom. The van der Waals surface area contributed by atoms with Gasteiger partial charge in [-0.1, -0.05) is 40.9 Å². The molecular weight excluding hydrogens is 280 g/mol. The van der Waals surface area contributed by atoms with Crippen LogP contribution in [0.15, 0.2) is 28.7 Å². The molecule has 1 aliphatic rings. The highest BCUT2D eigenvalue weighted by molar-refractivity contribution is 9.10. The molecule has 0 saturated heterocycles. The molecule has 1 saturated carbocycles. The predicted octanol–water partition coefficient (Wildman–Crippen LogP) is 3.88. The van der Waals surface area contributed by atoms with Crippen LogP contribution in [-0.4, -0.2) is 11.1 Å². The Morgan fingerprint density at radius 2 is 1.88 bits per heavy atom. The van der Waals surface area contributed by atoms with E-state index >= 15 is 0 Å². The molecule has 0 aliphatic heterocycles. The summed E-state index contributed by atoms with van der Waals surface area (Å²) >= 11 is 3.39. The van der Waals surface area contributed by atoms with Gasteiger partial charge in [0.25, 0.3) is 0 Å². The number of carboxylic acids is 1. The van der Waals surface area contributed by atoms with Crippen molar-refractivity contribution in [1.82, 2.24) is 0 Å². The lowest BCUT2D eigenvalue weighted by Crippen LogP contribution is -2.24. The van der Waals surface area contributed by atoms with E-state index in [0.717, 1.165) is 22.9 Å². The molecule has 0 spiro atoms. The van der Waals surface area contributed by atoms with Crippen LogP contribution in [0, 0.1) is 11.8 Å². The lowest BCUT2D eigenvalue weighted by Gasteiger charge is -2.19. The van der Waals surface area contributed by atoms with Gasteiger partial charge < -0.3 is 5.11 Å². The highest BCUT2D eigenvalue weighted by atomic mass is 79.9. The summed E-state index contributed by atoms with van der Waals surface area (Å²) in [4.78, 5) is 11.3. The first-order valence-electron chi connectivity index (χ1n) is 6.14. The van der Waals surface area contributed by atoms with Gasteiger partial charge in [0.05, 0.1) is 5.92 Å². The van der Waals surface area contributed by atoms with E-state index in [1.807, 2.05) is 24.3 Å². The van der Waals surface area contributed by atoms with Gasteiger partial charge in [-0.25, -0.2) is 0 Å². The van der Waals surface area contributed by atoms with Gasteiger partial charge in [0.15, 0.2) is 0 Å². The van der Waals surface area contributed by atoms with E-state index in [-0.39, 0.29) is 5.92 Å². The van der Waals surface area contributed by atoms with Crippen LogP contribution in [0.5, 0.6) is 0 Å². The second-order valence-corrected chi connectivity index (χ2v) is 5.74. The molecule has 2 rings (SSSR count). The Labute approximate surface area is 110 Å². The molecule has 1 aliphatic carbocycles. The highest BCUT2D eigenvalue weighted by Crippen LogP contribution is 2.33. The number of aliphatic carboxylic acids is 1. The Bertz CT molecular complexity index is 380. The summed E-state index contributed by atoms with van der Waals surface area (Å²) in [5.41, 5.74) is 1.12. The van der Waals surface area contributed by atoms with Crippen LogP contribution in [0.4, 0.5) is 0 Å². The van der Waals surface area contributed by atoms with Crippen molar-refractivity contribution >= 4 is 21.9 Å². The Kier molecular flexibility index (Phi) is 4.21. The molecule has 0 bridgehead atoms. The zero-order chi connectivity index (χ0) is 12.3. The molecule has 1 aromatic rings. The standard InChI is InChI=1S/C14H17BrO2/c15-12-7-5-10(6-8-12)9-13(14(16)17)11-3-1-2-4-11/h5-8,11,13H,1-4,9H2,(H,16,17). The summed E-state index contributed by atoms with van der Waals surface area (Å²) in [5, 5.41) is 9.34. The second kappa shape index (κ2) is 5.67. The maximum atomic E-state index is 11.3. The van der Waals surface area contributed by atoms with Gasteiger partial charge in [0.2, 0.25) is 0 Å². The largest absolute Gasteiger partial charge is 0.481 e. The van der Waals surface area contributed by atoms with Crippen LogP contribution in [0.1, 0.15) is 31.2 Å². The first kappa shape index (κ1) is 12.6. The number of halogens is 1. The Morgan fingerprint density at radius 3 is 2.41 bits per heavy atom. The third-order valence-electron chi connectivity index (χ3n) is 3.65. The molecule has 0 heterocycles. The van der Waals surface area contributed by atoms with Crippen LogP contribution >= 0.6 is 15.9 Å². The average molecular weight is 297 g/mol. The van der Waals surface area contributed by atoms with E-state index in [9.17, 15) is 9.90 Å². The van der Waals surface area contributed by atoms with E-state index in [1.165, 1.54) is 12.8 Å². The van der Waals surface area contributed by atoms with Gasteiger partial charge >= 0.3 is 5.97 Å². The molecule has 1 atom stereocenters. The molecule has 2 nitrogen and oxygen atoms in total. The van der Waals surface area contributed by atoms with Crippen LogP contribution in [-0.2, 0) is 11.2 Å². The van der Waals surface area contributed by atoms with Crippen LogP contribution in [0.3, 0.4) is 0 Å². The third kappa shape index (κ3) is 3.32. The molecule has 1 N–H and O–H groups in total. The lowest BCUT2D eigenvalue weighted by atomic mass is 9.86. The second-order valence-electron chi connectivity index (χ2n) is 4.82. The summed E-state index contributed by atoms with van der Waals surface area (Å²) in [6.45, 7) is 0. The molecule has 1 aromatic carbocycles. The van der Waals surface area contributed by atoms with E-state index in [2.05, 4.69) is 15.9 Å². The zero-order valence-corrected chi connectivity index (χ0v) is 11.3. The van der Waals surface area contributed by atoms with Gasteiger partial charge in [-0.3, -0.25) is 4.79 Å². The summed E-state index contributed by atoms with van der Waals surface area (Å²) < 4.78 is 1.04. The summed E-state index contributed by atoms with van der Waals surface area (Å²) in [6.07, 6.45) is 5.19. The number of benzene rings is 1. The van der Waals surface area contributed by atoms with Gasteiger partial charge in [-0.2, -0.15) is 0 Å². The molecule has 3 heteroatoms. The smallest absolute Gasteiger partial charge is 0.307 e. The fourth-order valence-corrected chi connectivity index (χ4v) is 2.95. The highest BCUT2D eigenvalue weighted by Gasteiger charge is 2.30. The molecule has 1 fully saturated rings. The zero-order valence-electron chi connectivity index (χ0n) is 9.73. The van der Waals surface area contributed by atoms with Crippen molar-refractivity contribution in [2.45, 2.75) is 32.1 Å². The van der Waals surface area contributed by atoms with Crippen molar-refractivity contribution in [3.05, 3.63) is 34.3 Å². The minimum Gasteiger partial charge on any atom is -0.481 e. The number of rotatable bonds is 4. The monoisotopic (exact) mass is 296 g/mol. The van der Waals surface area contributed by atoms with E-state index in [1.54, 1.807) is 0 Å². The molecule has 1 unspecified atom stereocenters. The minimum absolute atomic E-state index is 0.210. The minimum atomic E-state index is -0.639. The maximum absolute atomic E-state index is 11.3. The molecule has 0 amide bonds. The molecular formula is C14H17BrO2. The first-order valence-corrected chi connectivity index (χ1v) is 6.93. The summed E-state index contributed by atoms with van der Waals surface area (Å²) in [6, 6.07) is 7.97. The topological polar surface area (TPSA) is 37.3 Å². The van der Waals surface area contributed by atoms with Crippen molar-refractivity contribution in [3.63, 3.8) is 0 Å². The van der Waals surface area contributed by atoms with Crippen LogP contribution < -0.4 is 0 Å². The summed E-state index contributed by atoms with van der Waals surface area (Å²) in [7, 11) is 0. The van der Waals surface area contributed by atoms with Crippen molar-refractivity contribution in [2.24, 2.45) is 11.8 Å². The number of carbonyl (C=O) groups is 1. The molecule has 17 heavy (non-hydrogen) atoms. The Hall–Kier alpha value is -0.830. The van der Waals surface area contributed by atoms with Crippen LogP contribution in [0.2, 0.25) is 0 Å². The molecule has 0 aromatic heterocycles. The Balaban J connectivity index is 2.06.